The second-order valence-corrected chi connectivity index (χ2v) is 4.64. The molecule has 0 saturated heterocycles. The average molecular weight is 263 g/mol. The van der Waals surface area contributed by atoms with Crippen molar-refractivity contribution >= 4 is 11.6 Å². The Labute approximate surface area is 112 Å². The second-order valence-electron chi connectivity index (χ2n) is 4.28. The summed E-state index contributed by atoms with van der Waals surface area (Å²) in [7, 11) is 1.65. The molecule has 0 aliphatic rings. The predicted molar refractivity (Wildman–Crippen MR) is 73.1 cm³/mol. The molecule has 1 heterocycles. The summed E-state index contributed by atoms with van der Waals surface area (Å²) in [5, 5.41) is 0.501. The van der Waals surface area contributed by atoms with Crippen LogP contribution in [0.25, 0.3) is 11.3 Å². The normalized spacial score (nSPS) is 10.7. The first-order valence-corrected chi connectivity index (χ1v) is 6.16. The maximum absolute atomic E-state index is 6.18. The van der Waals surface area contributed by atoms with Gasteiger partial charge in [-0.25, -0.2) is 9.97 Å². The fourth-order valence-electron chi connectivity index (χ4n) is 1.94. The van der Waals surface area contributed by atoms with Gasteiger partial charge in [-0.2, -0.15) is 0 Å². The van der Waals surface area contributed by atoms with Gasteiger partial charge in [0.2, 0.25) is 0 Å². The molecule has 0 N–H and O–H groups in total. The van der Waals surface area contributed by atoms with Crippen molar-refractivity contribution in [3.05, 3.63) is 41.3 Å². The van der Waals surface area contributed by atoms with Gasteiger partial charge in [0.05, 0.1) is 12.8 Å². The number of ether oxygens (including phenoxy) is 1. The van der Waals surface area contributed by atoms with Gasteiger partial charge in [-0.1, -0.05) is 37.6 Å². The summed E-state index contributed by atoms with van der Waals surface area (Å²) in [6.45, 7) is 4.15. The Bertz CT molecular complexity index is 555. The standard InChI is InChI=1S/C14H15ClN2O/c1-9(2)12-13(16-8-17-14(12)15)10-6-4-5-7-11(10)18-3/h4-9H,1-3H3. The number of rotatable bonds is 3. The highest BCUT2D eigenvalue weighted by Gasteiger charge is 2.17. The summed E-state index contributed by atoms with van der Waals surface area (Å²) in [5.74, 6) is 1.03. The van der Waals surface area contributed by atoms with Crippen LogP contribution in [0.4, 0.5) is 0 Å². The summed E-state index contributed by atoms with van der Waals surface area (Å²) >= 11 is 6.18. The Hall–Kier alpha value is -1.61. The van der Waals surface area contributed by atoms with Crippen LogP contribution in [0.2, 0.25) is 5.15 Å². The Morgan fingerprint density at radius 3 is 2.56 bits per heavy atom. The van der Waals surface area contributed by atoms with Crippen LogP contribution in [-0.4, -0.2) is 17.1 Å². The van der Waals surface area contributed by atoms with Gasteiger partial charge in [0.1, 0.15) is 17.2 Å². The van der Waals surface area contributed by atoms with E-state index in [0.29, 0.717) is 5.15 Å². The van der Waals surface area contributed by atoms with Crippen molar-refractivity contribution in [1.82, 2.24) is 9.97 Å². The fourth-order valence-corrected chi connectivity index (χ4v) is 2.29. The van der Waals surface area contributed by atoms with Gasteiger partial charge < -0.3 is 4.74 Å². The number of hydrogen-bond donors (Lipinski definition) is 0. The first-order valence-electron chi connectivity index (χ1n) is 5.79. The van der Waals surface area contributed by atoms with Crippen molar-refractivity contribution in [3.63, 3.8) is 0 Å². The Morgan fingerprint density at radius 1 is 1.17 bits per heavy atom. The third-order valence-electron chi connectivity index (χ3n) is 2.77. The van der Waals surface area contributed by atoms with Crippen LogP contribution in [0.1, 0.15) is 25.3 Å². The summed E-state index contributed by atoms with van der Waals surface area (Å²) in [6, 6.07) is 7.77. The zero-order valence-corrected chi connectivity index (χ0v) is 11.4. The van der Waals surface area contributed by atoms with Gasteiger partial charge in [-0.05, 0) is 18.1 Å². The van der Waals surface area contributed by atoms with E-state index in [1.165, 1.54) is 6.33 Å². The zero-order chi connectivity index (χ0) is 13.1. The molecule has 0 radical (unpaired) electrons. The minimum Gasteiger partial charge on any atom is -0.496 e. The Balaban J connectivity index is 2.67. The molecule has 0 spiro atoms. The number of para-hydroxylation sites is 1. The average Bonchev–Trinajstić information content (AvgIpc) is 2.38. The van der Waals surface area contributed by atoms with E-state index in [1.807, 2.05) is 24.3 Å². The molecule has 0 bridgehead atoms. The number of benzene rings is 1. The highest BCUT2D eigenvalue weighted by molar-refractivity contribution is 6.30. The molecule has 2 rings (SSSR count). The summed E-state index contributed by atoms with van der Waals surface area (Å²) in [4.78, 5) is 8.42. The molecule has 4 heteroatoms. The van der Waals surface area contributed by atoms with Gasteiger partial charge in [0, 0.05) is 11.1 Å². The van der Waals surface area contributed by atoms with E-state index in [-0.39, 0.29) is 5.92 Å². The lowest BCUT2D eigenvalue weighted by Gasteiger charge is -2.14. The number of hydrogen-bond acceptors (Lipinski definition) is 3. The first-order chi connectivity index (χ1) is 8.65. The van der Waals surface area contributed by atoms with Crippen LogP contribution in [0.15, 0.2) is 30.6 Å². The van der Waals surface area contributed by atoms with E-state index in [4.69, 9.17) is 16.3 Å². The highest BCUT2D eigenvalue weighted by atomic mass is 35.5. The fraction of sp³-hybridized carbons (Fsp3) is 0.286. The molecule has 2 aromatic rings. The molecule has 1 aromatic carbocycles. The molecular weight excluding hydrogens is 248 g/mol. The van der Waals surface area contributed by atoms with E-state index < -0.39 is 0 Å². The summed E-state index contributed by atoms with van der Waals surface area (Å²) in [5.41, 5.74) is 2.72. The topological polar surface area (TPSA) is 35.0 Å². The van der Waals surface area contributed by atoms with Crippen LogP contribution in [-0.2, 0) is 0 Å². The third-order valence-corrected chi connectivity index (χ3v) is 3.08. The Kier molecular flexibility index (Phi) is 3.82. The van der Waals surface area contributed by atoms with Crippen molar-refractivity contribution in [3.8, 4) is 17.0 Å². The molecular formula is C14H15ClN2O. The lowest BCUT2D eigenvalue weighted by molar-refractivity contribution is 0.416. The largest absolute Gasteiger partial charge is 0.496 e. The molecule has 3 nitrogen and oxygen atoms in total. The van der Waals surface area contributed by atoms with E-state index in [2.05, 4.69) is 23.8 Å². The SMILES string of the molecule is COc1ccccc1-c1ncnc(Cl)c1C(C)C. The van der Waals surface area contributed by atoms with Crippen LogP contribution in [0, 0.1) is 0 Å². The van der Waals surface area contributed by atoms with Crippen molar-refractivity contribution in [2.75, 3.05) is 7.11 Å². The van der Waals surface area contributed by atoms with E-state index >= 15 is 0 Å². The van der Waals surface area contributed by atoms with Crippen LogP contribution >= 0.6 is 11.6 Å². The smallest absolute Gasteiger partial charge is 0.136 e. The summed E-state index contributed by atoms with van der Waals surface area (Å²) in [6.07, 6.45) is 1.48. The molecule has 18 heavy (non-hydrogen) atoms. The van der Waals surface area contributed by atoms with E-state index in [9.17, 15) is 0 Å². The van der Waals surface area contributed by atoms with Crippen molar-refractivity contribution in [1.29, 1.82) is 0 Å². The number of aromatic nitrogens is 2. The van der Waals surface area contributed by atoms with Crippen LogP contribution < -0.4 is 4.74 Å². The summed E-state index contributed by atoms with van der Waals surface area (Å²) < 4.78 is 5.37. The molecule has 0 saturated carbocycles. The van der Waals surface area contributed by atoms with Gasteiger partial charge in [-0.15, -0.1) is 0 Å². The molecule has 0 aliphatic carbocycles. The number of nitrogens with zero attached hydrogens (tertiary/aromatic N) is 2. The third kappa shape index (κ3) is 2.31. The van der Waals surface area contributed by atoms with Gasteiger partial charge >= 0.3 is 0 Å². The molecule has 94 valence electrons. The van der Waals surface area contributed by atoms with E-state index in [1.54, 1.807) is 7.11 Å². The molecule has 1 aromatic heterocycles. The van der Waals surface area contributed by atoms with Gasteiger partial charge in [0.25, 0.3) is 0 Å². The van der Waals surface area contributed by atoms with Gasteiger partial charge in [-0.3, -0.25) is 0 Å². The highest BCUT2D eigenvalue weighted by Crippen LogP contribution is 2.35. The monoisotopic (exact) mass is 262 g/mol. The van der Waals surface area contributed by atoms with Gasteiger partial charge in [0.15, 0.2) is 0 Å². The predicted octanol–water partition coefficient (Wildman–Crippen LogP) is 3.93. The lowest BCUT2D eigenvalue weighted by Crippen LogP contribution is -2.00. The minimum absolute atomic E-state index is 0.249. The van der Waals surface area contributed by atoms with Crippen molar-refractivity contribution < 1.29 is 4.74 Å². The van der Waals surface area contributed by atoms with Crippen molar-refractivity contribution in [2.24, 2.45) is 0 Å². The maximum atomic E-state index is 6.18. The molecule has 0 atom stereocenters. The molecule has 0 fully saturated rings. The maximum Gasteiger partial charge on any atom is 0.136 e. The minimum atomic E-state index is 0.249. The zero-order valence-electron chi connectivity index (χ0n) is 10.6. The molecule has 0 unspecified atom stereocenters. The molecule has 0 amide bonds. The van der Waals surface area contributed by atoms with Crippen LogP contribution in [0.5, 0.6) is 5.75 Å². The van der Waals surface area contributed by atoms with E-state index in [0.717, 1.165) is 22.6 Å². The second kappa shape index (κ2) is 5.36. The lowest BCUT2D eigenvalue weighted by atomic mass is 9.98. The molecule has 0 aliphatic heterocycles. The number of halogens is 1. The Morgan fingerprint density at radius 2 is 1.89 bits per heavy atom. The van der Waals surface area contributed by atoms with Crippen LogP contribution in [0.3, 0.4) is 0 Å². The van der Waals surface area contributed by atoms with Crippen molar-refractivity contribution in [2.45, 2.75) is 19.8 Å². The number of methoxy groups -OCH3 is 1. The first kappa shape index (κ1) is 12.8. The quantitative estimate of drug-likeness (QED) is 0.786.